The molecule has 1 N–H and O–H groups in total. The third kappa shape index (κ3) is 8.15. The number of nitrogens with one attached hydrogen (secondary N) is 1. The van der Waals surface area contributed by atoms with Gasteiger partial charge in [-0.25, -0.2) is 0 Å². The van der Waals surface area contributed by atoms with E-state index in [2.05, 4.69) is 5.32 Å². The van der Waals surface area contributed by atoms with Gasteiger partial charge >= 0.3 is 0 Å². The number of carbonyl (C=O) groups excluding carboxylic acids is 1. The van der Waals surface area contributed by atoms with Gasteiger partial charge in [-0.1, -0.05) is 0 Å². The predicted molar refractivity (Wildman–Crippen MR) is 59.5 cm³/mol. The minimum atomic E-state index is -0.254. The minimum Gasteiger partial charge on any atom is -0.383 e. The van der Waals surface area contributed by atoms with Crippen molar-refractivity contribution in [2.45, 2.75) is 34.0 Å². The van der Waals surface area contributed by atoms with Crippen molar-refractivity contribution in [3.05, 3.63) is 11.8 Å². The summed E-state index contributed by atoms with van der Waals surface area (Å²) in [7, 11) is 0. The van der Waals surface area contributed by atoms with Crippen LogP contribution in [0.4, 0.5) is 0 Å². The van der Waals surface area contributed by atoms with Crippen LogP contribution in [-0.4, -0.2) is 31.8 Å². The first-order chi connectivity index (χ1) is 7.10. The fourth-order valence-corrected chi connectivity index (χ4v) is 1.14. The standard InChI is InChI=1S/C11H21NO3/c1-5-14-11(15-6-2)8-12-9(3)7-10(4)13/h7,11-12H,5-6,8H2,1-4H3/b9-7+. The Morgan fingerprint density at radius 1 is 1.27 bits per heavy atom. The average Bonchev–Trinajstić information content (AvgIpc) is 2.14. The molecule has 0 aliphatic rings. The van der Waals surface area contributed by atoms with E-state index in [0.717, 1.165) is 5.70 Å². The molecule has 0 spiro atoms. The van der Waals surface area contributed by atoms with Crippen molar-refractivity contribution in [3.8, 4) is 0 Å². The van der Waals surface area contributed by atoms with Crippen molar-refractivity contribution in [2.75, 3.05) is 19.8 Å². The van der Waals surface area contributed by atoms with Crippen LogP contribution in [-0.2, 0) is 14.3 Å². The number of hydrogen-bond acceptors (Lipinski definition) is 4. The van der Waals surface area contributed by atoms with Gasteiger partial charge in [0.05, 0.1) is 6.54 Å². The van der Waals surface area contributed by atoms with Crippen molar-refractivity contribution >= 4 is 5.78 Å². The monoisotopic (exact) mass is 215 g/mol. The van der Waals surface area contributed by atoms with Gasteiger partial charge in [-0.3, -0.25) is 4.79 Å². The Kier molecular flexibility index (Phi) is 7.95. The molecule has 4 nitrogen and oxygen atoms in total. The van der Waals surface area contributed by atoms with Gasteiger partial charge in [0.15, 0.2) is 12.1 Å². The van der Waals surface area contributed by atoms with Crippen molar-refractivity contribution in [2.24, 2.45) is 0 Å². The highest BCUT2D eigenvalue weighted by Crippen LogP contribution is 1.95. The Morgan fingerprint density at radius 2 is 1.80 bits per heavy atom. The minimum absolute atomic E-state index is 0.0318. The maximum absolute atomic E-state index is 10.8. The second kappa shape index (κ2) is 8.44. The van der Waals surface area contributed by atoms with E-state index in [9.17, 15) is 4.79 Å². The lowest BCUT2D eigenvalue weighted by Crippen LogP contribution is -2.30. The number of rotatable bonds is 8. The molecule has 0 saturated heterocycles. The molecule has 0 rings (SSSR count). The average molecular weight is 215 g/mol. The predicted octanol–water partition coefficient (Wildman–Crippen LogP) is 1.47. The molecule has 15 heavy (non-hydrogen) atoms. The Labute approximate surface area is 91.6 Å². The molecule has 0 bridgehead atoms. The summed E-state index contributed by atoms with van der Waals surface area (Å²) in [4.78, 5) is 10.8. The van der Waals surface area contributed by atoms with Crippen LogP contribution in [0.2, 0.25) is 0 Å². The summed E-state index contributed by atoms with van der Waals surface area (Å²) in [6.45, 7) is 8.99. The maximum Gasteiger partial charge on any atom is 0.174 e. The molecule has 0 aliphatic carbocycles. The molecule has 0 saturated carbocycles. The Balaban J connectivity index is 3.92. The zero-order chi connectivity index (χ0) is 11.7. The molecule has 0 unspecified atom stereocenters. The second-order valence-corrected chi connectivity index (χ2v) is 3.16. The molecular formula is C11H21NO3. The van der Waals surface area contributed by atoms with E-state index >= 15 is 0 Å². The van der Waals surface area contributed by atoms with Crippen LogP contribution >= 0.6 is 0 Å². The summed E-state index contributed by atoms with van der Waals surface area (Å²) in [5, 5.41) is 3.07. The zero-order valence-corrected chi connectivity index (χ0v) is 10.0. The molecular weight excluding hydrogens is 194 g/mol. The Morgan fingerprint density at radius 3 is 2.20 bits per heavy atom. The smallest absolute Gasteiger partial charge is 0.174 e. The van der Waals surface area contributed by atoms with Crippen LogP contribution in [0.1, 0.15) is 27.7 Å². The third-order valence-electron chi connectivity index (χ3n) is 1.67. The highest BCUT2D eigenvalue weighted by molar-refractivity contribution is 5.87. The van der Waals surface area contributed by atoms with Crippen molar-refractivity contribution < 1.29 is 14.3 Å². The molecule has 0 aromatic heterocycles. The highest BCUT2D eigenvalue weighted by atomic mass is 16.7. The van der Waals surface area contributed by atoms with Gasteiger partial charge in [0.2, 0.25) is 0 Å². The van der Waals surface area contributed by atoms with Crippen LogP contribution in [0.3, 0.4) is 0 Å². The number of allylic oxidation sites excluding steroid dienone is 2. The van der Waals surface area contributed by atoms with E-state index in [1.165, 1.54) is 6.92 Å². The van der Waals surface area contributed by atoms with Gasteiger partial charge in [0.25, 0.3) is 0 Å². The molecule has 0 aliphatic heterocycles. The molecule has 88 valence electrons. The Bertz CT molecular complexity index is 208. The van der Waals surface area contributed by atoms with E-state index in [0.29, 0.717) is 19.8 Å². The van der Waals surface area contributed by atoms with Crippen LogP contribution in [0.15, 0.2) is 11.8 Å². The number of hydrogen-bond donors (Lipinski definition) is 1. The van der Waals surface area contributed by atoms with Gasteiger partial charge < -0.3 is 14.8 Å². The van der Waals surface area contributed by atoms with E-state index in [4.69, 9.17) is 9.47 Å². The first-order valence-corrected chi connectivity index (χ1v) is 5.26. The summed E-state index contributed by atoms with van der Waals surface area (Å²) in [6, 6.07) is 0. The molecule has 0 fully saturated rings. The van der Waals surface area contributed by atoms with Gasteiger partial charge in [-0.05, 0) is 33.8 Å². The second-order valence-electron chi connectivity index (χ2n) is 3.16. The molecule has 0 heterocycles. The summed E-state index contributed by atoms with van der Waals surface area (Å²) in [5.74, 6) is 0.0318. The van der Waals surface area contributed by atoms with Gasteiger partial charge in [0.1, 0.15) is 0 Å². The summed E-state index contributed by atoms with van der Waals surface area (Å²) < 4.78 is 10.7. The number of ketones is 1. The van der Waals surface area contributed by atoms with E-state index in [1.54, 1.807) is 6.08 Å². The topological polar surface area (TPSA) is 47.6 Å². The number of ether oxygens (including phenoxy) is 2. The van der Waals surface area contributed by atoms with E-state index in [-0.39, 0.29) is 12.1 Å². The summed E-state index contributed by atoms with van der Waals surface area (Å²) in [5.41, 5.74) is 0.826. The molecule has 0 aromatic rings. The summed E-state index contributed by atoms with van der Waals surface area (Å²) in [6.07, 6.45) is 1.30. The largest absolute Gasteiger partial charge is 0.383 e. The van der Waals surface area contributed by atoms with E-state index in [1.807, 2.05) is 20.8 Å². The van der Waals surface area contributed by atoms with Crippen LogP contribution in [0.5, 0.6) is 0 Å². The first kappa shape index (κ1) is 14.1. The van der Waals surface area contributed by atoms with Gasteiger partial charge in [-0.2, -0.15) is 0 Å². The third-order valence-corrected chi connectivity index (χ3v) is 1.67. The normalized spacial score (nSPS) is 11.9. The van der Waals surface area contributed by atoms with Gasteiger partial charge in [-0.15, -0.1) is 0 Å². The van der Waals surface area contributed by atoms with Crippen LogP contribution < -0.4 is 5.32 Å². The molecule has 4 heteroatoms. The lowest BCUT2D eigenvalue weighted by Gasteiger charge is -2.18. The first-order valence-electron chi connectivity index (χ1n) is 5.26. The lowest BCUT2D eigenvalue weighted by molar-refractivity contribution is -0.132. The van der Waals surface area contributed by atoms with Crippen molar-refractivity contribution in [3.63, 3.8) is 0 Å². The Hall–Kier alpha value is -0.870. The molecule has 0 amide bonds. The molecule has 0 radical (unpaired) electrons. The molecule has 0 aromatic carbocycles. The molecule has 0 atom stereocenters. The zero-order valence-electron chi connectivity index (χ0n) is 10.0. The fourth-order valence-electron chi connectivity index (χ4n) is 1.14. The van der Waals surface area contributed by atoms with Gasteiger partial charge in [0, 0.05) is 18.9 Å². The summed E-state index contributed by atoms with van der Waals surface area (Å²) >= 11 is 0. The quantitative estimate of drug-likeness (QED) is 0.492. The SMILES string of the molecule is CCOC(CN/C(C)=C/C(C)=O)OCC. The van der Waals surface area contributed by atoms with E-state index < -0.39 is 0 Å². The number of carbonyl (C=O) groups is 1. The van der Waals surface area contributed by atoms with Crippen molar-refractivity contribution in [1.82, 2.24) is 5.32 Å². The van der Waals surface area contributed by atoms with Crippen LogP contribution in [0, 0.1) is 0 Å². The van der Waals surface area contributed by atoms with Crippen LogP contribution in [0.25, 0.3) is 0 Å². The fraction of sp³-hybridized carbons (Fsp3) is 0.727. The lowest BCUT2D eigenvalue weighted by atomic mass is 10.3. The maximum atomic E-state index is 10.8. The van der Waals surface area contributed by atoms with Crippen molar-refractivity contribution in [1.29, 1.82) is 0 Å². The highest BCUT2D eigenvalue weighted by Gasteiger charge is 2.06.